The van der Waals surface area contributed by atoms with Crippen molar-refractivity contribution in [3.63, 3.8) is 0 Å². The second-order valence-corrected chi connectivity index (χ2v) is 10.5. The van der Waals surface area contributed by atoms with Crippen LogP contribution in [0.4, 0.5) is 5.69 Å². The van der Waals surface area contributed by atoms with Crippen LogP contribution in [-0.4, -0.2) is 44.8 Å². The van der Waals surface area contributed by atoms with Crippen LogP contribution in [0.3, 0.4) is 0 Å². The molecule has 2 fully saturated rings. The number of hydrogen-bond acceptors (Lipinski definition) is 6. The number of aromatic nitrogens is 3. The molecule has 182 valence electrons. The molecule has 1 aromatic carbocycles. The molecule has 36 heavy (non-hydrogen) atoms. The molecule has 1 unspecified atom stereocenters. The molecule has 5 heterocycles. The van der Waals surface area contributed by atoms with Gasteiger partial charge in [0.1, 0.15) is 17.6 Å². The Morgan fingerprint density at radius 1 is 1.06 bits per heavy atom. The van der Waals surface area contributed by atoms with E-state index in [1.807, 2.05) is 48.9 Å². The molecule has 3 aromatic heterocycles. The zero-order chi connectivity index (χ0) is 24.2. The first-order valence-corrected chi connectivity index (χ1v) is 13.1. The van der Waals surface area contributed by atoms with Crippen molar-refractivity contribution in [1.29, 1.82) is 0 Å². The molecule has 0 amide bonds. The minimum absolute atomic E-state index is 0.0774. The standard InChI is InChI=1S/C28H28ClN7/c29-22-6-2-1-5-19(22)23-12-20-18(9-10-32-26(20)33-23)27-34-24-14-31-13-21(16-7-8-16)25(24)28(35-27)36-11-3-4-17(30)15-36/h1-2,5-6,9-10,12-14,16-17,28H,3-4,7-8,11,15,30H2,(H,32,33)(H,34,35)/t17?,28-/m0/s1. The fourth-order valence-electron chi connectivity index (χ4n) is 5.66. The summed E-state index contributed by atoms with van der Waals surface area (Å²) in [5, 5.41) is 5.34. The van der Waals surface area contributed by atoms with Gasteiger partial charge in [0.05, 0.1) is 11.9 Å². The van der Waals surface area contributed by atoms with E-state index < -0.39 is 0 Å². The molecule has 0 bridgehead atoms. The molecule has 8 heteroatoms. The molecule has 0 radical (unpaired) electrons. The Morgan fingerprint density at radius 3 is 2.78 bits per heavy atom. The Bertz CT molecular complexity index is 1490. The number of anilines is 1. The van der Waals surface area contributed by atoms with Crippen molar-refractivity contribution >= 4 is 34.2 Å². The SMILES string of the molecule is NC1CCCN([C@@H]2N=C(c3ccnc4[nH]c(-c5ccccc5Cl)cc34)Nc3cncc(C4CC4)c32)C1. The van der Waals surface area contributed by atoms with Gasteiger partial charge in [-0.25, -0.2) is 9.98 Å². The first-order chi connectivity index (χ1) is 17.7. The number of hydrogen-bond donors (Lipinski definition) is 3. The summed E-state index contributed by atoms with van der Waals surface area (Å²) in [6.07, 6.45) is 10.3. The molecule has 4 N–H and O–H groups in total. The third-order valence-corrected chi connectivity index (χ3v) is 7.91. The molecule has 7 rings (SSSR count). The van der Waals surface area contributed by atoms with E-state index in [1.54, 1.807) is 0 Å². The maximum atomic E-state index is 6.49. The van der Waals surface area contributed by atoms with E-state index in [9.17, 15) is 0 Å². The molecule has 2 atom stereocenters. The summed E-state index contributed by atoms with van der Waals surface area (Å²) in [7, 11) is 0. The Labute approximate surface area is 214 Å². The van der Waals surface area contributed by atoms with Crippen LogP contribution in [0.5, 0.6) is 0 Å². The van der Waals surface area contributed by atoms with E-state index in [0.29, 0.717) is 10.9 Å². The summed E-state index contributed by atoms with van der Waals surface area (Å²) < 4.78 is 0. The molecule has 4 aromatic rings. The molecule has 1 saturated carbocycles. The number of aliphatic imine (C=N–C) groups is 1. The number of fused-ring (bicyclic) bond motifs is 2. The van der Waals surface area contributed by atoms with Crippen LogP contribution in [-0.2, 0) is 0 Å². The lowest BCUT2D eigenvalue weighted by atomic mass is 9.96. The van der Waals surface area contributed by atoms with Gasteiger partial charge in [0.2, 0.25) is 0 Å². The minimum Gasteiger partial charge on any atom is -0.339 e. The lowest BCUT2D eigenvalue weighted by Crippen LogP contribution is -2.45. The summed E-state index contributed by atoms with van der Waals surface area (Å²) in [6.45, 7) is 1.84. The fraction of sp³-hybridized carbons (Fsp3) is 0.321. The van der Waals surface area contributed by atoms with Crippen molar-refractivity contribution in [3.8, 4) is 11.3 Å². The van der Waals surface area contributed by atoms with Crippen molar-refractivity contribution in [2.45, 2.75) is 43.8 Å². The third kappa shape index (κ3) is 3.79. The van der Waals surface area contributed by atoms with E-state index in [-0.39, 0.29) is 12.2 Å². The highest BCUT2D eigenvalue weighted by molar-refractivity contribution is 6.33. The first-order valence-electron chi connectivity index (χ1n) is 12.7. The van der Waals surface area contributed by atoms with Gasteiger partial charge in [0.15, 0.2) is 0 Å². The zero-order valence-electron chi connectivity index (χ0n) is 19.9. The molecular weight excluding hydrogens is 470 g/mol. The number of aromatic amines is 1. The molecule has 1 saturated heterocycles. The number of pyridine rings is 2. The number of rotatable bonds is 4. The highest BCUT2D eigenvalue weighted by Gasteiger charge is 2.36. The summed E-state index contributed by atoms with van der Waals surface area (Å²) >= 11 is 6.49. The highest BCUT2D eigenvalue weighted by Crippen LogP contribution is 2.47. The van der Waals surface area contributed by atoms with E-state index in [4.69, 9.17) is 22.3 Å². The smallest absolute Gasteiger partial charge is 0.138 e. The molecule has 3 aliphatic rings. The summed E-state index contributed by atoms with van der Waals surface area (Å²) in [5.74, 6) is 1.42. The van der Waals surface area contributed by atoms with Crippen LogP contribution in [0.25, 0.3) is 22.3 Å². The lowest BCUT2D eigenvalue weighted by molar-refractivity contribution is 0.153. The van der Waals surface area contributed by atoms with E-state index >= 15 is 0 Å². The Balaban J connectivity index is 1.36. The second-order valence-electron chi connectivity index (χ2n) is 10.1. The predicted octanol–water partition coefficient (Wildman–Crippen LogP) is 5.45. The fourth-order valence-corrected chi connectivity index (χ4v) is 5.90. The van der Waals surface area contributed by atoms with E-state index in [0.717, 1.165) is 65.3 Å². The zero-order valence-corrected chi connectivity index (χ0v) is 20.7. The average Bonchev–Trinajstić information content (AvgIpc) is 3.65. The molecular formula is C28H28ClN7. The number of amidine groups is 1. The summed E-state index contributed by atoms with van der Waals surface area (Å²) in [6, 6.07) is 12.2. The minimum atomic E-state index is -0.0774. The maximum absolute atomic E-state index is 6.49. The van der Waals surface area contributed by atoms with Gasteiger partial charge in [0, 0.05) is 64.3 Å². The van der Waals surface area contributed by atoms with Gasteiger partial charge in [0.25, 0.3) is 0 Å². The Hall–Kier alpha value is -3.26. The second kappa shape index (κ2) is 8.69. The van der Waals surface area contributed by atoms with Crippen LogP contribution in [0, 0.1) is 0 Å². The van der Waals surface area contributed by atoms with Crippen LogP contribution < -0.4 is 11.1 Å². The first kappa shape index (κ1) is 22.0. The van der Waals surface area contributed by atoms with Crippen LogP contribution >= 0.6 is 11.6 Å². The number of nitrogens with one attached hydrogen (secondary N) is 2. The highest BCUT2D eigenvalue weighted by atomic mass is 35.5. The molecule has 7 nitrogen and oxygen atoms in total. The quantitative estimate of drug-likeness (QED) is 0.348. The van der Waals surface area contributed by atoms with Crippen molar-refractivity contribution in [3.05, 3.63) is 76.7 Å². The number of halogens is 1. The Kier molecular flexibility index (Phi) is 5.31. The normalized spacial score (nSPS) is 22.2. The van der Waals surface area contributed by atoms with Crippen molar-refractivity contribution in [2.24, 2.45) is 10.7 Å². The maximum Gasteiger partial charge on any atom is 0.138 e. The van der Waals surface area contributed by atoms with Crippen molar-refractivity contribution in [1.82, 2.24) is 19.9 Å². The van der Waals surface area contributed by atoms with E-state index in [2.05, 4.69) is 31.2 Å². The Morgan fingerprint density at radius 2 is 1.94 bits per heavy atom. The van der Waals surface area contributed by atoms with Crippen LogP contribution in [0.1, 0.15) is 54.5 Å². The number of benzene rings is 1. The molecule has 2 aliphatic heterocycles. The summed E-state index contributed by atoms with van der Waals surface area (Å²) in [4.78, 5) is 20.5. The van der Waals surface area contributed by atoms with Gasteiger partial charge >= 0.3 is 0 Å². The number of nitrogens with two attached hydrogens (primary N) is 1. The number of H-pyrrole nitrogens is 1. The monoisotopic (exact) mass is 497 g/mol. The largest absolute Gasteiger partial charge is 0.339 e. The van der Waals surface area contributed by atoms with Crippen molar-refractivity contribution in [2.75, 3.05) is 18.4 Å². The summed E-state index contributed by atoms with van der Waals surface area (Å²) in [5.41, 5.74) is 13.7. The average molecular weight is 498 g/mol. The molecule has 1 aliphatic carbocycles. The molecule has 0 spiro atoms. The number of likely N-dealkylation sites (tertiary alicyclic amines) is 1. The van der Waals surface area contributed by atoms with Crippen LogP contribution in [0.15, 0.2) is 60.0 Å². The predicted molar refractivity (Wildman–Crippen MR) is 144 cm³/mol. The number of nitrogens with zero attached hydrogens (tertiary/aromatic N) is 4. The van der Waals surface area contributed by atoms with Gasteiger partial charge in [-0.15, -0.1) is 0 Å². The van der Waals surface area contributed by atoms with Crippen molar-refractivity contribution < 1.29 is 0 Å². The third-order valence-electron chi connectivity index (χ3n) is 7.58. The number of piperidine rings is 1. The van der Waals surface area contributed by atoms with Gasteiger partial charge < -0.3 is 16.0 Å². The van der Waals surface area contributed by atoms with Gasteiger partial charge in [-0.1, -0.05) is 29.8 Å². The topological polar surface area (TPSA) is 95.2 Å². The van der Waals surface area contributed by atoms with Gasteiger partial charge in [-0.3, -0.25) is 9.88 Å². The lowest BCUT2D eigenvalue weighted by Gasteiger charge is -2.39. The van der Waals surface area contributed by atoms with Gasteiger partial charge in [-0.2, -0.15) is 0 Å². The van der Waals surface area contributed by atoms with E-state index in [1.165, 1.54) is 24.0 Å². The van der Waals surface area contributed by atoms with Crippen LogP contribution in [0.2, 0.25) is 5.02 Å². The van der Waals surface area contributed by atoms with Gasteiger partial charge in [-0.05, 0) is 55.4 Å².